The number of nitro groups is 1. The maximum absolute atomic E-state index is 12.0. The maximum atomic E-state index is 12.0. The molecule has 0 saturated carbocycles. The lowest BCUT2D eigenvalue weighted by molar-refractivity contribution is -0.384. The van der Waals surface area contributed by atoms with Crippen LogP contribution in [0.4, 0.5) is 16.2 Å². The molecule has 0 bridgehead atoms. The van der Waals surface area contributed by atoms with Crippen LogP contribution in [0.15, 0.2) is 45.3 Å². The Balaban J connectivity index is 2.15. The molecule has 0 atom stereocenters. The van der Waals surface area contributed by atoms with Gasteiger partial charge in [-0.05, 0) is 40.2 Å². The summed E-state index contributed by atoms with van der Waals surface area (Å²) in [6, 6.07) is 8.91. The number of anilines is 1. The number of hydrogen-bond acceptors (Lipinski definition) is 5. The molecular weight excluding hydrogens is 436 g/mol. The van der Waals surface area contributed by atoms with Crippen LogP contribution in [0.5, 0.6) is 11.5 Å². The van der Waals surface area contributed by atoms with Crippen LogP contribution in [0.1, 0.15) is 0 Å². The van der Waals surface area contributed by atoms with Crippen molar-refractivity contribution in [3.05, 3.63) is 55.5 Å². The zero-order chi connectivity index (χ0) is 17.0. The van der Waals surface area contributed by atoms with Crippen LogP contribution >= 0.6 is 31.9 Å². The van der Waals surface area contributed by atoms with Gasteiger partial charge in [0.15, 0.2) is 0 Å². The van der Waals surface area contributed by atoms with Gasteiger partial charge in [-0.3, -0.25) is 15.4 Å². The van der Waals surface area contributed by atoms with E-state index in [0.29, 0.717) is 10.2 Å². The van der Waals surface area contributed by atoms with Gasteiger partial charge in [0.25, 0.3) is 5.69 Å². The number of nitro benzene ring substituents is 1. The van der Waals surface area contributed by atoms with Crippen LogP contribution in [-0.2, 0) is 0 Å². The average Bonchev–Trinajstić information content (AvgIpc) is 2.50. The first kappa shape index (κ1) is 17.2. The van der Waals surface area contributed by atoms with Crippen molar-refractivity contribution in [1.82, 2.24) is 0 Å². The summed E-state index contributed by atoms with van der Waals surface area (Å²) in [7, 11) is 1.35. The number of non-ortho nitro benzene ring substituents is 1. The molecule has 0 unspecified atom stereocenters. The second kappa shape index (κ2) is 7.42. The number of ether oxygens (including phenoxy) is 2. The Morgan fingerprint density at radius 3 is 2.52 bits per heavy atom. The van der Waals surface area contributed by atoms with Crippen LogP contribution in [0.25, 0.3) is 0 Å². The zero-order valence-electron chi connectivity index (χ0n) is 11.7. The van der Waals surface area contributed by atoms with Crippen LogP contribution in [0.3, 0.4) is 0 Å². The number of nitrogens with one attached hydrogen (secondary N) is 1. The molecule has 1 amide bonds. The highest BCUT2D eigenvalue weighted by Crippen LogP contribution is 2.31. The topological polar surface area (TPSA) is 90.7 Å². The Morgan fingerprint density at radius 2 is 1.91 bits per heavy atom. The van der Waals surface area contributed by atoms with Crippen LogP contribution in [0.2, 0.25) is 0 Å². The molecule has 23 heavy (non-hydrogen) atoms. The molecule has 2 rings (SSSR count). The van der Waals surface area contributed by atoms with Gasteiger partial charge in [0.2, 0.25) is 0 Å². The quantitative estimate of drug-likeness (QED) is 0.542. The van der Waals surface area contributed by atoms with Gasteiger partial charge in [-0.1, -0.05) is 15.9 Å². The van der Waals surface area contributed by atoms with Crippen molar-refractivity contribution < 1.29 is 19.2 Å². The summed E-state index contributed by atoms with van der Waals surface area (Å²) in [6.45, 7) is 0. The molecule has 0 aliphatic carbocycles. The molecule has 0 heterocycles. The van der Waals surface area contributed by atoms with E-state index in [-0.39, 0.29) is 17.1 Å². The first-order valence-corrected chi connectivity index (χ1v) is 7.75. The zero-order valence-corrected chi connectivity index (χ0v) is 14.9. The van der Waals surface area contributed by atoms with Gasteiger partial charge in [0.1, 0.15) is 11.5 Å². The minimum Gasteiger partial charge on any atom is -0.494 e. The Labute approximate surface area is 148 Å². The highest BCUT2D eigenvalue weighted by molar-refractivity contribution is 9.11. The number of methoxy groups -OCH3 is 1. The SMILES string of the molecule is COc1cc([N+](=O)[O-])ccc1NC(=O)Oc1ccc(Br)cc1Br. The average molecular weight is 446 g/mol. The lowest BCUT2D eigenvalue weighted by Gasteiger charge is -2.11. The predicted molar refractivity (Wildman–Crippen MR) is 91.1 cm³/mol. The third-order valence-electron chi connectivity index (χ3n) is 2.73. The molecule has 9 heteroatoms. The standard InChI is InChI=1S/C14H10Br2N2O5/c1-22-13-7-9(18(20)21)3-4-11(13)17-14(19)23-12-5-2-8(15)6-10(12)16/h2-7H,1H3,(H,17,19). The third-order valence-corrected chi connectivity index (χ3v) is 3.84. The fraction of sp³-hybridized carbons (Fsp3) is 0.0714. The normalized spacial score (nSPS) is 10.0. The van der Waals surface area contributed by atoms with Gasteiger partial charge in [0.05, 0.1) is 28.3 Å². The lowest BCUT2D eigenvalue weighted by atomic mass is 10.2. The third kappa shape index (κ3) is 4.42. The highest BCUT2D eigenvalue weighted by Gasteiger charge is 2.15. The molecule has 2 aromatic carbocycles. The number of amides is 1. The first-order chi connectivity index (χ1) is 10.9. The van der Waals surface area contributed by atoms with Gasteiger partial charge in [-0.25, -0.2) is 4.79 Å². The summed E-state index contributed by atoms with van der Waals surface area (Å²) in [4.78, 5) is 22.1. The van der Waals surface area contributed by atoms with E-state index in [1.54, 1.807) is 18.2 Å². The molecule has 0 aliphatic rings. The van der Waals surface area contributed by atoms with E-state index in [9.17, 15) is 14.9 Å². The second-order valence-electron chi connectivity index (χ2n) is 4.23. The fourth-order valence-electron chi connectivity index (χ4n) is 1.69. The van der Waals surface area contributed by atoms with E-state index in [1.807, 2.05) is 0 Å². The number of hydrogen-bond donors (Lipinski definition) is 1. The van der Waals surface area contributed by atoms with Crippen LogP contribution in [-0.4, -0.2) is 18.1 Å². The van der Waals surface area contributed by atoms with E-state index in [4.69, 9.17) is 9.47 Å². The molecule has 0 saturated heterocycles. The molecule has 1 N–H and O–H groups in total. The number of benzene rings is 2. The van der Waals surface area contributed by atoms with Crippen molar-refractivity contribution in [3.63, 3.8) is 0 Å². The van der Waals surface area contributed by atoms with E-state index in [1.165, 1.54) is 25.3 Å². The Bertz CT molecular complexity index is 767. The van der Waals surface area contributed by atoms with Crippen molar-refractivity contribution in [2.24, 2.45) is 0 Å². The summed E-state index contributed by atoms with van der Waals surface area (Å²) in [5, 5.41) is 13.2. The van der Waals surface area contributed by atoms with E-state index in [2.05, 4.69) is 37.2 Å². The number of carbonyl (C=O) groups excluding carboxylic acids is 1. The van der Waals surface area contributed by atoms with Crippen molar-refractivity contribution in [2.75, 3.05) is 12.4 Å². The molecule has 120 valence electrons. The summed E-state index contributed by atoms with van der Waals surface area (Å²) < 4.78 is 11.6. The van der Waals surface area contributed by atoms with Crippen molar-refractivity contribution >= 4 is 49.3 Å². The number of nitrogens with zero attached hydrogens (tertiary/aromatic N) is 1. The number of halogens is 2. The molecule has 0 radical (unpaired) electrons. The van der Waals surface area contributed by atoms with Gasteiger partial charge in [-0.2, -0.15) is 0 Å². The Morgan fingerprint density at radius 1 is 1.17 bits per heavy atom. The van der Waals surface area contributed by atoms with Crippen molar-refractivity contribution in [3.8, 4) is 11.5 Å². The smallest absolute Gasteiger partial charge is 0.417 e. The molecular formula is C14H10Br2N2O5. The summed E-state index contributed by atoms with van der Waals surface area (Å²) in [5.41, 5.74) is 0.118. The maximum Gasteiger partial charge on any atom is 0.417 e. The number of carbonyl (C=O) groups is 1. The monoisotopic (exact) mass is 444 g/mol. The van der Waals surface area contributed by atoms with Crippen molar-refractivity contribution in [2.45, 2.75) is 0 Å². The summed E-state index contributed by atoms with van der Waals surface area (Å²) >= 11 is 6.58. The van der Waals surface area contributed by atoms with E-state index < -0.39 is 11.0 Å². The van der Waals surface area contributed by atoms with Gasteiger partial charge in [0, 0.05) is 10.5 Å². The molecule has 2 aromatic rings. The summed E-state index contributed by atoms with van der Waals surface area (Å²) in [6.07, 6.45) is -0.750. The Kier molecular flexibility index (Phi) is 5.56. The summed E-state index contributed by atoms with van der Waals surface area (Å²) in [5.74, 6) is 0.484. The minimum absolute atomic E-state index is 0.142. The second-order valence-corrected chi connectivity index (χ2v) is 6.00. The molecule has 0 fully saturated rings. The Hall–Kier alpha value is -2.13. The van der Waals surface area contributed by atoms with Gasteiger partial charge in [-0.15, -0.1) is 0 Å². The van der Waals surface area contributed by atoms with E-state index in [0.717, 1.165) is 4.47 Å². The fourth-order valence-corrected chi connectivity index (χ4v) is 2.82. The van der Waals surface area contributed by atoms with Gasteiger partial charge >= 0.3 is 6.09 Å². The molecule has 0 aromatic heterocycles. The van der Waals surface area contributed by atoms with Crippen molar-refractivity contribution in [1.29, 1.82) is 0 Å². The minimum atomic E-state index is -0.750. The largest absolute Gasteiger partial charge is 0.494 e. The first-order valence-electron chi connectivity index (χ1n) is 6.17. The van der Waals surface area contributed by atoms with E-state index >= 15 is 0 Å². The van der Waals surface area contributed by atoms with Crippen LogP contribution < -0.4 is 14.8 Å². The lowest BCUT2D eigenvalue weighted by Crippen LogP contribution is -2.17. The number of rotatable bonds is 4. The van der Waals surface area contributed by atoms with Gasteiger partial charge < -0.3 is 9.47 Å². The molecule has 0 aliphatic heterocycles. The molecule has 0 spiro atoms. The highest BCUT2D eigenvalue weighted by atomic mass is 79.9. The predicted octanol–water partition coefficient (Wildman–Crippen LogP) is 4.74. The van der Waals surface area contributed by atoms with Crippen LogP contribution in [0, 0.1) is 10.1 Å². The molecule has 7 nitrogen and oxygen atoms in total.